The maximum absolute atomic E-state index is 14.0. The lowest BCUT2D eigenvalue weighted by molar-refractivity contribution is 0.498. The predicted octanol–water partition coefficient (Wildman–Crippen LogP) is 3.68. The predicted molar refractivity (Wildman–Crippen MR) is 73.6 cm³/mol. The molecule has 0 aliphatic rings. The van der Waals surface area contributed by atoms with E-state index in [1.165, 1.54) is 10.6 Å². The highest BCUT2D eigenvalue weighted by Crippen LogP contribution is 2.23. The molecule has 3 nitrogen and oxygen atoms in total. The Labute approximate surface area is 120 Å². The fraction of sp³-hybridized carbons (Fsp3) is 0.0714. The number of oxazole rings is 1. The zero-order valence-electron chi connectivity index (χ0n) is 10.1. The Bertz CT molecular complexity index is 854. The molecule has 20 heavy (non-hydrogen) atoms. The Morgan fingerprint density at radius 3 is 2.70 bits per heavy atom. The smallest absolute Gasteiger partial charge is 0.408 e. The van der Waals surface area contributed by atoms with E-state index >= 15 is 0 Å². The summed E-state index contributed by atoms with van der Waals surface area (Å²) >= 11 is 3.00. The molecule has 1 heterocycles. The lowest BCUT2D eigenvalue weighted by Crippen LogP contribution is -2.16. The number of para-hydroxylation sites is 2. The summed E-state index contributed by atoms with van der Waals surface area (Å²) in [5, 5.41) is 0. The number of halogens is 3. The van der Waals surface area contributed by atoms with E-state index in [1.54, 1.807) is 24.3 Å². The molecule has 0 unspecified atom stereocenters. The van der Waals surface area contributed by atoms with Crippen molar-refractivity contribution in [3.8, 4) is 0 Å². The maximum Gasteiger partial charge on any atom is 0.420 e. The minimum absolute atomic E-state index is 0.148. The van der Waals surface area contributed by atoms with Crippen LogP contribution in [-0.2, 0) is 6.54 Å². The monoisotopic (exact) mass is 339 g/mol. The van der Waals surface area contributed by atoms with Gasteiger partial charge in [0.15, 0.2) is 5.58 Å². The van der Waals surface area contributed by atoms with Gasteiger partial charge in [0.2, 0.25) is 0 Å². The summed E-state index contributed by atoms with van der Waals surface area (Å²) in [6.07, 6.45) is 0. The van der Waals surface area contributed by atoms with Crippen molar-refractivity contribution in [1.29, 1.82) is 0 Å². The molecule has 0 spiro atoms. The van der Waals surface area contributed by atoms with Gasteiger partial charge in [-0.15, -0.1) is 0 Å². The van der Waals surface area contributed by atoms with Crippen LogP contribution in [0.3, 0.4) is 0 Å². The molecule has 0 bridgehead atoms. The van der Waals surface area contributed by atoms with E-state index in [-0.39, 0.29) is 16.6 Å². The van der Waals surface area contributed by atoms with Crippen molar-refractivity contribution in [2.75, 3.05) is 0 Å². The molecule has 6 heteroatoms. The lowest BCUT2D eigenvalue weighted by atomic mass is 10.2. The first-order chi connectivity index (χ1) is 9.58. The van der Waals surface area contributed by atoms with Gasteiger partial charge in [-0.2, -0.15) is 0 Å². The molecule has 0 saturated heterocycles. The Kier molecular flexibility index (Phi) is 3.17. The molecule has 0 atom stereocenters. The van der Waals surface area contributed by atoms with Crippen LogP contribution in [-0.4, -0.2) is 4.57 Å². The van der Waals surface area contributed by atoms with Crippen molar-refractivity contribution in [2.45, 2.75) is 6.54 Å². The Hall–Kier alpha value is -1.95. The van der Waals surface area contributed by atoms with Crippen LogP contribution in [0.15, 0.2) is 50.1 Å². The summed E-state index contributed by atoms with van der Waals surface area (Å²) in [4.78, 5) is 11.8. The molecule has 0 aliphatic carbocycles. The van der Waals surface area contributed by atoms with E-state index in [0.717, 1.165) is 6.07 Å². The van der Waals surface area contributed by atoms with E-state index in [4.69, 9.17) is 4.42 Å². The molecule has 0 aliphatic heterocycles. The second kappa shape index (κ2) is 4.86. The normalized spacial score (nSPS) is 11.2. The highest BCUT2D eigenvalue weighted by Gasteiger charge is 2.16. The Morgan fingerprint density at radius 1 is 1.15 bits per heavy atom. The van der Waals surface area contributed by atoms with Crippen molar-refractivity contribution in [1.82, 2.24) is 4.57 Å². The molecule has 3 rings (SSSR count). The van der Waals surface area contributed by atoms with Crippen LogP contribution in [0.1, 0.15) is 5.56 Å². The molecular formula is C14H8BrF2NO2. The van der Waals surface area contributed by atoms with Crippen LogP contribution in [0.2, 0.25) is 0 Å². The standard InChI is InChI=1S/C14H8BrF2NO2/c15-9-5-6-10(16)8(13(9)17)7-18-11-3-1-2-4-12(11)20-14(18)19/h1-6H,7H2. The van der Waals surface area contributed by atoms with Crippen LogP contribution in [0.4, 0.5) is 8.78 Å². The van der Waals surface area contributed by atoms with E-state index < -0.39 is 17.4 Å². The van der Waals surface area contributed by atoms with Gasteiger partial charge in [-0.1, -0.05) is 12.1 Å². The number of rotatable bonds is 2. The van der Waals surface area contributed by atoms with Crippen LogP contribution in [0.25, 0.3) is 11.1 Å². The lowest BCUT2D eigenvalue weighted by Gasteiger charge is -2.07. The number of benzene rings is 2. The minimum Gasteiger partial charge on any atom is -0.408 e. The first-order valence-corrected chi connectivity index (χ1v) is 6.58. The zero-order valence-corrected chi connectivity index (χ0v) is 11.7. The molecule has 0 radical (unpaired) electrons. The summed E-state index contributed by atoms with van der Waals surface area (Å²) in [7, 11) is 0. The van der Waals surface area contributed by atoms with Crippen molar-refractivity contribution >= 4 is 27.0 Å². The Morgan fingerprint density at radius 2 is 1.90 bits per heavy atom. The van der Waals surface area contributed by atoms with Crippen LogP contribution in [0, 0.1) is 11.6 Å². The minimum atomic E-state index is -0.720. The van der Waals surface area contributed by atoms with Gasteiger partial charge in [-0.25, -0.2) is 13.6 Å². The second-order valence-electron chi connectivity index (χ2n) is 4.24. The summed E-state index contributed by atoms with van der Waals surface area (Å²) in [5.74, 6) is -2.07. The zero-order chi connectivity index (χ0) is 14.3. The highest BCUT2D eigenvalue weighted by atomic mass is 79.9. The first-order valence-electron chi connectivity index (χ1n) is 5.78. The van der Waals surface area contributed by atoms with Crippen molar-refractivity contribution in [3.63, 3.8) is 0 Å². The van der Waals surface area contributed by atoms with Gasteiger partial charge in [0.25, 0.3) is 0 Å². The quantitative estimate of drug-likeness (QED) is 0.667. The topological polar surface area (TPSA) is 35.1 Å². The van der Waals surface area contributed by atoms with Gasteiger partial charge in [0.05, 0.1) is 16.5 Å². The van der Waals surface area contributed by atoms with Crippen molar-refractivity contribution in [3.05, 3.63) is 68.6 Å². The molecular weight excluding hydrogens is 332 g/mol. The van der Waals surface area contributed by atoms with Crippen LogP contribution in [0.5, 0.6) is 0 Å². The van der Waals surface area contributed by atoms with Gasteiger partial charge < -0.3 is 4.42 Å². The van der Waals surface area contributed by atoms with Crippen molar-refractivity contribution in [2.24, 2.45) is 0 Å². The van der Waals surface area contributed by atoms with E-state index in [2.05, 4.69) is 15.9 Å². The molecule has 1 aromatic heterocycles. The first kappa shape index (κ1) is 13.1. The summed E-state index contributed by atoms with van der Waals surface area (Å²) < 4.78 is 34.1. The van der Waals surface area contributed by atoms with Gasteiger partial charge >= 0.3 is 5.76 Å². The molecule has 102 valence electrons. The number of nitrogens with zero attached hydrogens (tertiary/aromatic N) is 1. The molecule has 0 amide bonds. The van der Waals surface area contributed by atoms with E-state index in [0.29, 0.717) is 11.1 Å². The third kappa shape index (κ3) is 2.06. The summed E-state index contributed by atoms with van der Waals surface area (Å²) in [5.41, 5.74) is 0.692. The third-order valence-corrected chi connectivity index (χ3v) is 3.64. The molecule has 2 aromatic carbocycles. The van der Waals surface area contributed by atoms with E-state index in [9.17, 15) is 13.6 Å². The molecule has 0 N–H and O–H groups in total. The van der Waals surface area contributed by atoms with Gasteiger partial charge in [-0.3, -0.25) is 4.57 Å². The van der Waals surface area contributed by atoms with Gasteiger partial charge in [-0.05, 0) is 40.2 Å². The molecule has 0 saturated carbocycles. The SMILES string of the molecule is O=c1oc2ccccc2n1Cc1c(F)ccc(Br)c1F. The van der Waals surface area contributed by atoms with Crippen LogP contribution < -0.4 is 5.76 Å². The van der Waals surface area contributed by atoms with Gasteiger partial charge in [0.1, 0.15) is 11.6 Å². The average molecular weight is 340 g/mol. The number of hydrogen-bond donors (Lipinski definition) is 0. The number of aromatic nitrogens is 1. The maximum atomic E-state index is 14.0. The number of hydrogen-bond acceptors (Lipinski definition) is 2. The summed E-state index contributed by atoms with van der Waals surface area (Å²) in [6, 6.07) is 9.16. The third-order valence-electron chi connectivity index (χ3n) is 3.03. The average Bonchev–Trinajstić information content (AvgIpc) is 2.75. The van der Waals surface area contributed by atoms with Crippen LogP contribution >= 0.6 is 15.9 Å². The largest absolute Gasteiger partial charge is 0.420 e. The molecule has 0 fully saturated rings. The van der Waals surface area contributed by atoms with E-state index in [1.807, 2.05) is 0 Å². The highest BCUT2D eigenvalue weighted by molar-refractivity contribution is 9.10. The van der Waals surface area contributed by atoms with Gasteiger partial charge in [0, 0.05) is 5.56 Å². The fourth-order valence-corrected chi connectivity index (χ4v) is 2.41. The second-order valence-corrected chi connectivity index (χ2v) is 5.10. The number of fused-ring (bicyclic) bond motifs is 1. The fourth-order valence-electron chi connectivity index (χ4n) is 2.04. The summed E-state index contributed by atoms with van der Waals surface area (Å²) in [6.45, 7) is -0.229. The van der Waals surface area contributed by atoms with Crippen molar-refractivity contribution < 1.29 is 13.2 Å². The molecule has 3 aromatic rings. The Balaban J connectivity index is 2.18.